The van der Waals surface area contributed by atoms with Gasteiger partial charge in [0, 0.05) is 23.6 Å². The molecule has 1 fully saturated rings. The van der Waals surface area contributed by atoms with E-state index in [0.29, 0.717) is 30.7 Å². The summed E-state index contributed by atoms with van der Waals surface area (Å²) in [6.45, 7) is 1.82. The van der Waals surface area contributed by atoms with Crippen LogP contribution in [0.1, 0.15) is 50.7 Å². The molecule has 2 atom stereocenters. The van der Waals surface area contributed by atoms with Gasteiger partial charge >= 0.3 is 5.97 Å². The largest absolute Gasteiger partial charge is 0.496 e. The van der Waals surface area contributed by atoms with Gasteiger partial charge in [0.05, 0.1) is 37.0 Å². The molecule has 1 aliphatic rings. The highest BCUT2D eigenvalue weighted by atomic mass is 19.1. The van der Waals surface area contributed by atoms with Crippen LogP contribution in [-0.4, -0.2) is 59.9 Å². The Labute approximate surface area is 191 Å². The van der Waals surface area contributed by atoms with Gasteiger partial charge in [-0.15, -0.1) is 0 Å². The molecule has 2 N–H and O–H groups in total. The summed E-state index contributed by atoms with van der Waals surface area (Å²) >= 11 is 0. The van der Waals surface area contributed by atoms with Gasteiger partial charge < -0.3 is 24.5 Å². The number of methoxy groups -OCH3 is 1. The van der Waals surface area contributed by atoms with Crippen molar-refractivity contribution < 1.29 is 28.6 Å². The zero-order chi connectivity index (χ0) is 23.5. The van der Waals surface area contributed by atoms with Crippen LogP contribution in [0.3, 0.4) is 0 Å². The Balaban J connectivity index is 1.73. The summed E-state index contributed by atoms with van der Waals surface area (Å²) < 4.78 is 23.9. The van der Waals surface area contributed by atoms with Crippen molar-refractivity contribution in [2.75, 3.05) is 26.9 Å². The van der Waals surface area contributed by atoms with E-state index in [4.69, 9.17) is 9.47 Å². The highest BCUT2D eigenvalue weighted by Gasteiger charge is 2.35. The molecule has 0 radical (unpaired) electrons. The minimum atomic E-state index is -1.01. The van der Waals surface area contributed by atoms with Crippen LogP contribution in [0.25, 0.3) is 10.9 Å². The Morgan fingerprint density at radius 2 is 2.00 bits per heavy atom. The van der Waals surface area contributed by atoms with Crippen molar-refractivity contribution in [3.05, 3.63) is 64.8 Å². The van der Waals surface area contributed by atoms with Crippen LogP contribution in [-0.2, 0) is 4.74 Å². The van der Waals surface area contributed by atoms with Crippen molar-refractivity contribution in [3.8, 4) is 5.75 Å². The molecule has 0 bridgehead atoms. The van der Waals surface area contributed by atoms with Crippen molar-refractivity contribution in [3.63, 3.8) is 0 Å². The Morgan fingerprint density at radius 1 is 1.24 bits per heavy atom. The number of benzene rings is 2. The molecule has 33 heavy (non-hydrogen) atoms. The summed E-state index contributed by atoms with van der Waals surface area (Å²) in [4.78, 5) is 30.2. The number of likely N-dealkylation sites (tertiary alicyclic amines) is 1. The van der Waals surface area contributed by atoms with Gasteiger partial charge in [-0.1, -0.05) is 12.1 Å². The smallest absolute Gasteiger partial charge is 0.335 e. The molecule has 1 aromatic heterocycles. The maximum Gasteiger partial charge on any atom is 0.335 e. The molecular weight excluding hydrogens is 427 g/mol. The number of H-pyrrole nitrogens is 1. The number of fused-ring (bicyclic) bond motifs is 1. The molecule has 2 heterocycles. The van der Waals surface area contributed by atoms with Crippen LogP contribution in [0.4, 0.5) is 4.39 Å². The van der Waals surface area contributed by atoms with Gasteiger partial charge in [-0.3, -0.25) is 4.79 Å². The Kier molecular flexibility index (Phi) is 6.65. The molecule has 0 unspecified atom stereocenters. The normalized spacial score (nSPS) is 18.5. The summed E-state index contributed by atoms with van der Waals surface area (Å²) in [6, 6.07) is 9.88. The molecule has 1 amide bonds. The highest BCUT2D eigenvalue weighted by molar-refractivity contribution is 6.09. The van der Waals surface area contributed by atoms with E-state index in [1.165, 1.54) is 12.1 Å². The lowest BCUT2D eigenvalue weighted by Crippen LogP contribution is -2.43. The molecule has 4 rings (SSSR count). The van der Waals surface area contributed by atoms with E-state index < -0.39 is 12.6 Å². The number of hydrogen-bond donors (Lipinski definition) is 2. The summed E-state index contributed by atoms with van der Waals surface area (Å²) in [5.41, 5.74) is 3.31. The third-order valence-corrected chi connectivity index (χ3v) is 6.23. The summed E-state index contributed by atoms with van der Waals surface area (Å²) in [6.07, 6.45) is 2.68. The lowest BCUT2D eigenvalue weighted by atomic mass is 9.91. The first-order valence-corrected chi connectivity index (χ1v) is 10.9. The fourth-order valence-electron chi connectivity index (χ4n) is 4.61. The first-order chi connectivity index (χ1) is 15.9. The number of nitrogens with one attached hydrogen (secondary N) is 1. The molecule has 3 aromatic rings. The number of aryl methyl sites for hydroxylation is 1. The number of carbonyl (C=O) groups is 2. The predicted octanol–water partition coefficient (Wildman–Crippen LogP) is 4.52. The summed E-state index contributed by atoms with van der Waals surface area (Å²) in [5.74, 6) is -0.686. The van der Waals surface area contributed by atoms with Crippen LogP contribution in [0.15, 0.2) is 42.6 Å². The molecule has 0 spiro atoms. The van der Waals surface area contributed by atoms with E-state index in [-0.39, 0.29) is 30.2 Å². The Hall–Kier alpha value is -3.39. The first kappa shape index (κ1) is 22.8. The van der Waals surface area contributed by atoms with E-state index in [1.807, 2.05) is 19.1 Å². The SMILES string of the molecule is COc1cc(C)c2[nH]ccc2c1C(=O)N1CC[C@@H](OCCF)C[C@H]1c1ccc(C(=O)O)cc1. The van der Waals surface area contributed by atoms with Gasteiger partial charge in [0.25, 0.3) is 5.91 Å². The number of aromatic amines is 1. The van der Waals surface area contributed by atoms with Crippen molar-refractivity contribution in [2.45, 2.75) is 31.9 Å². The number of aromatic nitrogens is 1. The fourth-order valence-corrected chi connectivity index (χ4v) is 4.61. The second-order valence-corrected chi connectivity index (χ2v) is 8.18. The van der Waals surface area contributed by atoms with Crippen molar-refractivity contribution in [1.82, 2.24) is 9.88 Å². The first-order valence-electron chi connectivity index (χ1n) is 10.9. The maximum absolute atomic E-state index is 13.9. The molecule has 1 aliphatic heterocycles. The lowest BCUT2D eigenvalue weighted by molar-refractivity contribution is -0.0155. The van der Waals surface area contributed by atoms with Gasteiger partial charge in [-0.25, -0.2) is 9.18 Å². The van der Waals surface area contributed by atoms with Crippen LogP contribution in [0.2, 0.25) is 0 Å². The number of nitrogens with zero attached hydrogens (tertiary/aromatic N) is 1. The second kappa shape index (κ2) is 9.62. The minimum absolute atomic E-state index is 0.0129. The number of alkyl halides is 1. The topological polar surface area (TPSA) is 91.9 Å². The standard InChI is InChI=1S/C25H27FN2O5/c1-15-13-21(32-2)22(19-7-10-27-23(15)19)24(29)28-11-8-18(33-12-9-26)14-20(28)16-3-5-17(6-4-16)25(30)31/h3-7,10,13,18,20,27H,8-9,11-12,14H2,1-2H3,(H,30,31)/t18-,20+/m1/s1. The minimum Gasteiger partial charge on any atom is -0.496 e. The van der Waals surface area contributed by atoms with Gasteiger partial charge in [0.2, 0.25) is 0 Å². The maximum atomic E-state index is 13.9. The number of rotatable bonds is 7. The van der Waals surface area contributed by atoms with Crippen molar-refractivity contribution >= 4 is 22.8 Å². The summed E-state index contributed by atoms with van der Waals surface area (Å²) in [7, 11) is 1.54. The summed E-state index contributed by atoms with van der Waals surface area (Å²) in [5, 5.41) is 10.0. The predicted molar refractivity (Wildman–Crippen MR) is 122 cm³/mol. The quantitative estimate of drug-likeness (QED) is 0.548. The molecule has 7 nitrogen and oxygen atoms in total. The van der Waals surface area contributed by atoms with Gasteiger partial charge in [0.1, 0.15) is 12.4 Å². The van der Waals surface area contributed by atoms with E-state index >= 15 is 0 Å². The van der Waals surface area contributed by atoms with Gasteiger partial charge in [-0.2, -0.15) is 0 Å². The van der Waals surface area contributed by atoms with E-state index in [2.05, 4.69) is 4.98 Å². The zero-order valence-corrected chi connectivity index (χ0v) is 18.6. The number of amides is 1. The molecule has 0 aliphatic carbocycles. The molecule has 0 saturated carbocycles. The van der Waals surface area contributed by atoms with Crippen molar-refractivity contribution in [1.29, 1.82) is 0 Å². The third-order valence-electron chi connectivity index (χ3n) is 6.23. The average molecular weight is 454 g/mol. The lowest BCUT2D eigenvalue weighted by Gasteiger charge is -2.40. The van der Waals surface area contributed by atoms with Crippen LogP contribution in [0.5, 0.6) is 5.75 Å². The zero-order valence-electron chi connectivity index (χ0n) is 18.6. The Bertz CT molecular complexity index is 1160. The molecule has 174 valence electrons. The number of ether oxygens (including phenoxy) is 2. The van der Waals surface area contributed by atoms with Crippen molar-refractivity contribution in [2.24, 2.45) is 0 Å². The molecule has 8 heteroatoms. The van der Waals surface area contributed by atoms with Gasteiger partial charge in [-0.05, 0) is 55.2 Å². The third kappa shape index (κ3) is 4.43. The number of halogens is 1. The molecule has 1 saturated heterocycles. The number of piperidine rings is 1. The van der Waals surface area contributed by atoms with Crippen LogP contribution in [0, 0.1) is 6.92 Å². The van der Waals surface area contributed by atoms with Gasteiger partial charge in [0.15, 0.2) is 0 Å². The number of carboxylic acid groups (broad SMARTS) is 1. The number of carboxylic acids is 1. The van der Waals surface area contributed by atoms with Crippen LogP contribution >= 0.6 is 0 Å². The number of aromatic carboxylic acids is 1. The highest BCUT2D eigenvalue weighted by Crippen LogP contribution is 2.38. The second-order valence-electron chi connectivity index (χ2n) is 8.18. The molecular formula is C25H27FN2O5. The average Bonchev–Trinajstić information content (AvgIpc) is 3.32. The number of hydrogen-bond acceptors (Lipinski definition) is 4. The van der Waals surface area contributed by atoms with Crippen LogP contribution < -0.4 is 4.74 Å². The van der Waals surface area contributed by atoms with E-state index in [0.717, 1.165) is 22.0 Å². The van der Waals surface area contributed by atoms with E-state index in [1.54, 1.807) is 30.3 Å². The van der Waals surface area contributed by atoms with E-state index in [9.17, 15) is 19.1 Å². The fraction of sp³-hybridized carbons (Fsp3) is 0.360. The number of carbonyl (C=O) groups excluding carboxylic acids is 1. The molecule has 2 aromatic carbocycles. The Morgan fingerprint density at radius 3 is 2.67 bits per heavy atom. The monoisotopic (exact) mass is 454 g/mol.